The molecule has 2 aromatic carbocycles. The molecule has 0 saturated carbocycles. The lowest BCUT2D eigenvalue weighted by atomic mass is 10.1. The SMILES string of the molecule is O=C1c2ccccc2N[C@H](c2ncc[nH]2)N1Cc1ccc2c(c1)OCO2. The van der Waals surface area contributed by atoms with Crippen molar-refractivity contribution in [2.75, 3.05) is 12.1 Å². The summed E-state index contributed by atoms with van der Waals surface area (Å²) >= 11 is 0. The second kappa shape index (κ2) is 5.80. The number of rotatable bonds is 3. The summed E-state index contributed by atoms with van der Waals surface area (Å²) < 4.78 is 10.8. The highest BCUT2D eigenvalue weighted by molar-refractivity contribution is 6.01. The van der Waals surface area contributed by atoms with Crippen LogP contribution >= 0.6 is 0 Å². The van der Waals surface area contributed by atoms with Crippen molar-refractivity contribution in [3.05, 3.63) is 71.8 Å². The fraction of sp³-hybridized carbons (Fsp3) is 0.158. The molecule has 26 heavy (non-hydrogen) atoms. The summed E-state index contributed by atoms with van der Waals surface area (Å²) in [6.45, 7) is 0.646. The van der Waals surface area contributed by atoms with E-state index in [9.17, 15) is 4.79 Å². The summed E-state index contributed by atoms with van der Waals surface area (Å²) in [5, 5.41) is 3.41. The number of carbonyl (C=O) groups is 1. The van der Waals surface area contributed by atoms with E-state index in [-0.39, 0.29) is 18.9 Å². The van der Waals surface area contributed by atoms with Crippen LogP contribution in [0.5, 0.6) is 11.5 Å². The predicted octanol–water partition coefficient (Wildman–Crippen LogP) is 2.91. The van der Waals surface area contributed by atoms with Crippen LogP contribution in [0.4, 0.5) is 5.69 Å². The number of imidazole rings is 1. The summed E-state index contributed by atoms with van der Waals surface area (Å²) in [6, 6.07) is 13.2. The van der Waals surface area contributed by atoms with Crippen LogP contribution in [0.25, 0.3) is 0 Å². The number of nitrogens with zero attached hydrogens (tertiary/aromatic N) is 2. The Morgan fingerprint density at radius 1 is 1.15 bits per heavy atom. The van der Waals surface area contributed by atoms with Gasteiger partial charge in [0.05, 0.1) is 5.56 Å². The Hall–Kier alpha value is -3.48. The first-order valence-electron chi connectivity index (χ1n) is 8.34. The van der Waals surface area contributed by atoms with E-state index in [1.807, 2.05) is 42.5 Å². The number of fused-ring (bicyclic) bond motifs is 2. The third-order valence-electron chi connectivity index (χ3n) is 4.59. The monoisotopic (exact) mass is 348 g/mol. The van der Waals surface area contributed by atoms with Gasteiger partial charge >= 0.3 is 0 Å². The highest BCUT2D eigenvalue weighted by Gasteiger charge is 2.34. The first-order valence-corrected chi connectivity index (χ1v) is 8.34. The van der Waals surface area contributed by atoms with Gasteiger partial charge in [-0.25, -0.2) is 4.98 Å². The number of ether oxygens (including phenoxy) is 2. The molecule has 0 spiro atoms. The zero-order chi connectivity index (χ0) is 17.5. The van der Waals surface area contributed by atoms with Gasteiger partial charge in [0.15, 0.2) is 17.7 Å². The van der Waals surface area contributed by atoms with E-state index in [0.717, 1.165) is 17.0 Å². The molecule has 0 saturated heterocycles. The lowest BCUT2D eigenvalue weighted by molar-refractivity contribution is 0.0659. The molecule has 2 aliphatic heterocycles. The molecule has 1 aromatic heterocycles. The molecule has 2 N–H and O–H groups in total. The maximum absolute atomic E-state index is 13.1. The van der Waals surface area contributed by atoms with Crippen molar-refractivity contribution < 1.29 is 14.3 Å². The van der Waals surface area contributed by atoms with Gasteiger partial charge in [-0.3, -0.25) is 4.79 Å². The minimum Gasteiger partial charge on any atom is -0.454 e. The van der Waals surface area contributed by atoms with Crippen molar-refractivity contribution in [3.8, 4) is 11.5 Å². The second-order valence-corrected chi connectivity index (χ2v) is 6.19. The molecular formula is C19H16N4O3. The number of H-pyrrole nitrogens is 1. The number of amides is 1. The summed E-state index contributed by atoms with van der Waals surface area (Å²) in [6.07, 6.45) is 3.06. The lowest BCUT2D eigenvalue weighted by Crippen LogP contribution is -2.42. The van der Waals surface area contributed by atoms with E-state index < -0.39 is 0 Å². The molecule has 130 valence electrons. The van der Waals surface area contributed by atoms with Crippen LogP contribution in [0.1, 0.15) is 27.9 Å². The van der Waals surface area contributed by atoms with Gasteiger partial charge in [0.2, 0.25) is 6.79 Å². The van der Waals surface area contributed by atoms with Crippen molar-refractivity contribution in [1.29, 1.82) is 0 Å². The number of aromatic amines is 1. The van der Waals surface area contributed by atoms with E-state index in [1.54, 1.807) is 17.3 Å². The fourth-order valence-electron chi connectivity index (χ4n) is 3.33. The van der Waals surface area contributed by atoms with Crippen molar-refractivity contribution >= 4 is 11.6 Å². The molecule has 0 aliphatic carbocycles. The smallest absolute Gasteiger partial charge is 0.258 e. The van der Waals surface area contributed by atoms with Crippen LogP contribution in [0.2, 0.25) is 0 Å². The molecule has 2 aliphatic rings. The van der Waals surface area contributed by atoms with Gasteiger partial charge in [-0.05, 0) is 29.8 Å². The van der Waals surface area contributed by atoms with Crippen LogP contribution in [-0.2, 0) is 6.54 Å². The topological polar surface area (TPSA) is 79.5 Å². The molecule has 7 nitrogen and oxygen atoms in total. The third kappa shape index (κ3) is 2.36. The fourth-order valence-corrected chi connectivity index (χ4v) is 3.33. The van der Waals surface area contributed by atoms with E-state index in [2.05, 4.69) is 15.3 Å². The molecule has 1 amide bonds. The number of aromatic nitrogens is 2. The van der Waals surface area contributed by atoms with Gasteiger partial charge in [0.1, 0.15) is 5.82 Å². The zero-order valence-electron chi connectivity index (χ0n) is 13.8. The normalized spacial score (nSPS) is 17.8. The van der Waals surface area contributed by atoms with Gasteiger partial charge in [-0.2, -0.15) is 0 Å². The van der Waals surface area contributed by atoms with Crippen LogP contribution in [-0.4, -0.2) is 27.6 Å². The number of carbonyl (C=O) groups excluding carboxylic acids is 1. The Balaban J connectivity index is 1.53. The van der Waals surface area contributed by atoms with Crippen molar-refractivity contribution in [1.82, 2.24) is 14.9 Å². The molecule has 5 rings (SSSR count). The molecular weight excluding hydrogens is 332 g/mol. The average molecular weight is 348 g/mol. The first kappa shape index (κ1) is 14.8. The second-order valence-electron chi connectivity index (χ2n) is 6.19. The molecule has 1 atom stereocenters. The highest BCUT2D eigenvalue weighted by Crippen LogP contribution is 2.36. The minimum absolute atomic E-state index is 0.0431. The standard InChI is InChI=1S/C19H16N4O3/c24-19-13-3-1-2-4-14(13)22-18(17-20-7-8-21-17)23(19)10-12-5-6-15-16(9-12)26-11-25-15/h1-9,18,22H,10-11H2,(H,20,21)/t18-/m0/s1. The van der Waals surface area contributed by atoms with Gasteiger partial charge in [0, 0.05) is 24.6 Å². The molecule has 0 fully saturated rings. The quantitative estimate of drug-likeness (QED) is 0.761. The predicted molar refractivity (Wildman–Crippen MR) is 93.8 cm³/mol. The number of para-hydroxylation sites is 1. The van der Waals surface area contributed by atoms with Crippen molar-refractivity contribution in [2.45, 2.75) is 12.7 Å². The zero-order valence-corrected chi connectivity index (χ0v) is 13.8. The van der Waals surface area contributed by atoms with Gasteiger partial charge < -0.3 is 24.7 Å². The number of nitrogens with one attached hydrogen (secondary N) is 2. The summed E-state index contributed by atoms with van der Waals surface area (Å²) in [5.74, 6) is 2.08. The Bertz CT molecular complexity index is 971. The van der Waals surface area contributed by atoms with Crippen LogP contribution < -0.4 is 14.8 Å². The average Bonchev–Trinajstić information content (AvgIpc) is 3.35. The van der Waals surface area contributed by atoms with E-state index in [4.69, 9.17) is 9.47 Å². The van der Waals surface area contributed by atoms with Gasteiger partial charge in [-0.15, -0.1) is 0 Å². The van der Waals surface area contributed by atoms with Crippen molar-refractivity contribution in [2.24, 2.45) is 0 Å². The number of hydrogen-bond acceptors (Lipinski definition) is 5. The molecule has 3 heterocycles. The summed E-state index contributed by atoms with van der Waals surface area (Å²) in [7, 11) is 0. The molecule has 0 bridgehead atoms. The van der Waals surface area contributed by atoms with E-state index in [1.165, 1.54) is 0 Å². The Labute approximate surface area is 149 Å². The Morgan fingerprint density at radius 3 is 2.92 bits per heavy atom. The summed E-state index contributed by atoms with van der Waals surface area (Å²) in [5.41, 5.74) is 2.41. The van der Waals surface area contributed by atoms with Crippen LogP contribution in [0.3, 0.4) is 0 Å². The van der Waals surface area contributed by atoms with Crippen molar-refractivity contribution in [3.63, 3.8) is 0 Å². The molecule has 0 radical (unpaired) electrons. The molecule has 0 unspecified atom stereocenters. The van der Waals surface area contributed by atoms with E-state index in [0.29, 0.717) is 23.7 Å². The summed E-state index contributed by atoms with van der Waals surface area (Å²) in [4.78, 5) is 22.4. The third-order valence-corrected chi connectivity index (χ3v) is 4.59. The Kier molecular flexibility index (Phi) is 3.31. The first-order chi connectivity index (χ1) is 12.8. The Morgan fingerprint density at radius 2 is 2.04 bits per heavy atom. The number of benzene rings is 2. The minimum atomic E-state index is -0.377. The van der Waals surface area contributed by atoms with Gasteiger partial charge in [-0.1, -0.05) is 18.2 Å². The molecule has 7 heteroatoms. The highest BCUT2D eigenvalue weighted by atomic mass is 16.7. The molecule has 3 aromatic rings. The van der Waals surface area contributed by atoms with Gasteiger partial charge in [0.25, 0.3) is 5.91 Å². The van der Waals surface area contributed by atoms with Crippen LogP contribution in [0.15, 0.2) is 54.9 Å². The largest absolute Gasteiger partial charge is 0.454 e. The van der Waals surface area contributed by atoms with E-state index >= 15 is 0 Å². The van der Waals surface area contributed by atoms with Crippen LogP contribution in [0, 0.1) is 0 Å². The lowest BCUT2D eigenvalue weighted by Gasteiger charge is -2.36. The number of hydrogen-bond donors (Lipinski definition) is 2. The number of anilines is 1. The maximum atomic E-state index is 13.1. The maximum Gasteiger partial charge on any atom is 0.258 e.